The van der Waals surface area contributed by atoms with Gasteiger partial charge in [-0.3, -0.25) is 4.57 Å². The predicted molar refractivity (Wildman–Crippen MR) is 112 cm³/mol. The third-order valence-corrected chi connectivity index (χ3v) is 6.84. The summed E-state index contributed by atoms with van der Waals surface area (Å²) < 4.78 is 7.73. The van der Waals surface area contributed by atoms with Gasteiger partial charge in [-0.25, -0.2) is 0 Å². The Morgan fingerprint density at radius 3 is 2.68 bits per heavy atom. The summed E-state index contributed by atoms with van der Waals surface area (Å²) in [6, 6.07) is 9.03. The van der Waals surface area contributed by atoms with Gasteiger partial charge in [0.15, 0.2) is 11.0 Å². The van der Waals surface area contributed by atoms with E-state index in [9.17, 15) is 0 Å². The molecule has 4 rings (SSSR count). The SMILES string of the molecule is Cc1cccc(-c2nnc(SCc3c(C)noc3C)n2C2CCCCC2C)c1. The van der Waals surface area contributed by atoms with Crippen LogP contribution in [0.5, 0.6) is 0 Å². The van der Waals surface area contributed by atoms with E-state index in [0.29, 0.717) is 12.0 Å². The van der Waals surface area contributed by atoms with Crippen LogP contribution in [0.15, 0.2) is 33.9 Å². The molecule has 0 spiro atoms. The van der Waals surface area contributed by atoms with Crippen molar-refractivity contribution >= 4 is 11.8 Å². The summed E-state index contributed by atoms with van der Waals surface area (Å²) in [5.74, 6) is 3.31. The molecule has 0 aliphatic heterocycles. The summed E-state index contributed by atoms with van der Waals surface area (Å²) in [6.45, 7) is 8.47. The van der Waals surface area contributed by atoms with E-state index in [-0.39, 0.29) is 0 Å². The lowest BCUT2D eigenvalue weighted by Crippen LogP contribution is -2.22. The quantitative estimate of drug-likeness (QED) is 0.502. The minimum Gasteiger partial charge on any atom is -0.361 e. The summed E-state index contributed by atoms with van der Waals surface area (Å²) in [6.07, 6.45) is 5.05. The van der Waals surface area contributed by atoms with Crippen LogP contribution in [-0.2, 0) is 5.75 Å². The Labute approximate surface area is 170 Å². The Kier molecular flexibility index (Phi) is 5.58. The van der Waals surface area contributed by atoms with Gasteiger partial charge in [-0.2, -0.15) is 0 Å². The van der Waals surface area contributed by atoms with E-state index >= 15 is 0 Å². The van der Waals surface area contributed by atoms with Crippen molar-refractivity contribution in [1.82, 2.24) is 19.9 Å². The molecule has 1 aliphatic carbocycles. The molecular formula is C22H28N4OS. The maximum atomic E-state index is 5.33. The maximum Gasteiger partial charge on any atom is 0.192 e. The maximum absolute atomic E-state index is 5.33. The Balaban J connectivity index is 1.71. The second-order valence-electron chi connectivity index (χ2n) is 7.97. The normalized spacial score (nSPS) is 19.9. The zero-order chi connectivity index (χ0) is 19.7. The van der Waals surface area contributed by atoms with E-state index in [1.54, 1.807) is 11.8 Å². The van der Waals surface area contributed by atoms with Gasteiger partial charge in [0.2, 0.25) is 0 Å². The molecule has 2 aromatic heterocycles. The Hall–Kier alpha value is -2.08. The van der Waals surface area contributed by atoms with E-state index in [1.807, 2.05) is 13.8 Å². The van der Waals surface area contributed by atoms with Crippen LogP contribution in [0.4, 0.5) is 0 Å². The first-order chi connectivity index (χ1) is 13.5. The van der Waals surface area contributed by atoms with Crippen molar-refractivity contribution in [2.24, 2.45) is 5.92 Å². The molecule has 0 amide bonds. The predicted octanol–water partition coefficient (Wildman–Crippen LogP) is 5.90. The van der Waals surface area contributed by atoms with Crippen LogP contribution in [0, 0.1) is 26.7 Å². The van der Waals surface area contributed by atoms with Gasteiger partial charge in [0.25, 0.3) is 0 Å². The van der Waals surface area contributed by atoms with E-state index < -0.39 is 0 Å². The van der Waals surface area contributed by atoms with Crippen LogP contribution in [0.3, 0.4) is 0 Å². The molecule has 0 N–H and O–H groups in total. The summed E-state index contributed by atoms with van der Waals surface area (Å²) in [7, 11) is 0. The molecule has 3 aromatic rings. The topological polar surface area (TPSA) is 56.7 Å². The van der Waals surface area contributed by atoms with Crippen molar-refractivity contribution in [3.63, 3.8) is 0 Å². The molecule has 0 radical (unpaired) electrons. The standard InChI is InChI=1S/C22H28N4OS/c1-14-8-7-10-18(12-14)21-23-24-22(26(21)20-11-6-5-9-15(20)2)28-13-19-16(3)25-27-17(19)4/h7-8,10,12,15,20H,5-6,9,11,13H2,1-4H3. The zero-order valence-corrected chi connectivity index (χ0v) is 17.9. The lowest BCUT2D eigenvalue weighted by molar-refractivity contribution is 0.247. The van der Waals surface area contributed by atoms with Crippen LogP contribution in [0.25, 0.3) is 11.4 Å². The monoisotopic (exact) mass is 396 g/mol. The number of thioether (sulfide) groups is 1. The van der Waals surface area contributed by atoms with E-state index in [0.717, 1.165) is 39.3 Å². The molecule has 1 aromatic carbocycles. The first-order valence-corrected chi connectivity index (χ1v) is 11.1. The number of nitrogens with zero attached hydrogens (tertiary/aromatic N) is 4. The second kappa shape index (κ2) is 8.11. The molecule has 0 saturated heterocycles. The molecule has 2 atom stereocenters. The van der Waals surface area contributed by atoms with Crippen molar-refractivity contribution in [3.8, 4) is 11.4 Å². The fourth-order valence-corrected chi connectivity index (χ4v) is 5.33. The van der Waals surface area contributed by atoms with Crippen molar-refractivity contribution < 1.29 is 4.52 Å². The first kappa shape index (κ1) is 19.2. The fraction of sp³-hybridized carbons (Fsp3) is 0.500. The number of hydrogen-bond acceptors (Lipinski definition) is 5. The molecule has 1 saturated carbocycles. The summed E-state index contributed by atoms with van der Waals surface area (Å²) in [5.41, 5.74) is 4.51. The highest BCUT2D eigenvalue weighted by Crippen LogP contribution is 2.39. The van der Waals surface area contributed by atoms with Gasteiger partial charge in [0, 0.05) is 22.9 Å². The molecule has 28 heavy (non-hydrogen) atoms. The highest BCUT2D eigenvalue weighted by molar-refractivity contribution is 7.98. The molecule has 148 valence electrons. The van der Waals surface area contributed by atoms with Crippen molar-refractivity contribution in [3.05, 3.63) is 46.8 Å². The molecule has 0 bridgehead atoms. The van der Waals surface area contributed by atoms with E-state index in [2.05, 4.69) is 58.0 Å². The smallest absolute Gasteiger partial charge is 0.192 e. The summed E-state index contributed by atoms with van der Waals surface area (Å²) in [4.78, 5) is 0. The zero-order valence-electron chi connectivity index (χ0n) is 17.1. The van der Waals surface area contributed by atoms with Crippen LogP contribution in [0.1, 0.15) is 61.2 Å². The van der Waals surface area contributed by atoms with E-state index in [1.165, 1.54) is 31.2 Å². The molecule has 1 aliphatic rings. The van der Waals surface area contributed by atoms with Crippen molar-refractivity contribution in [2.45, 2.75) is 70.3 Å². The van der Waals surface area contributed by atoms with Gasteiger partial charge in [-0.15, -0.1) is 10.2 Å². The third-order valence-electron chi connectivity index (χ3n) is 5.87. The van der Waals surface area contributed by atoms with Crippen molar-refractivity contribution in [1.29, 1.82) is 0 Å². The Bertz CT molecular complexity index is 942. The number of aryl methyl sites for hydroxylation is 3. The fourth-order valence-electron chi connectivity index (χ4n) is 4.18. The number of rotatable bonds is 5. The molecular weight excluding hydrogens is 368 g/mol. The van der Waals surface area contributed by atoms with Crippen LogP contribution >= 0.6 is 11.8 Å². The highest BCUT2D eigenvalue weighted by Gasteiger charge is 2.29. The van der Waals surface area contributed by atoms with Gasteiger partial charge >= 0.3 is 0 Å². The second-order valence-corrected chi connectivity index (χ2v) is 8.91. The third kappa shape index (κ3) is 3.75. The van der Waals surface area contributed by atoms with Crippen molar-refractivity contribution in [2.75, 3.05) is 0 Å². The highest BCUT2D eigenvalue weighted by atomic mass is 32.2. The summed E-state index contributed by atoms with van der Waals surface area (Å²) >= 11 is 1.74. The Morgan fingerprint density at radius 2 is 1.96 bits per heavy atom. The molecule has 5 nitrogen and oxygen atoms in total. The lowest BCUT2D eigenvalue weighted by Gasteiger charge is -2.31. The molecule has 6 heteroatoms. The number of benzene rings is 1. The van der Waals surface area contributed by atoms with Gasteiger partial charge in [0.05, 0.1) is 5.69 Å². The van der Waals surface area contributed by atoms with E-state index in [4.69, 9.17) is 4.52 Å². The lowest BCUT2D eigenvalue weighted by atomic mass is 9.85. The molecule has 2 heterocycles. The average molecular weight is 397 g/mol. The summed E-state index contributed by atoms with van der Waals surface area (Å²) in [5, 5.41) is 14.3. The van der Waals surface area contributed by atoms with Crippen LogP contribution in [-0.4, -0.2) is 19.9 Å². The van der Waals surface area contributed by atoms with Gasteiger partial charge in [0.1, 0.15) is 5.76 Å². The number of hydrogen-bond donors (Lipinski definition) is 0. The van der Waals surface area contributed by atoms with Gasteiger partial charge in [-0.1, -0.05) is 60.4 Å². The molecule has 2 unspecified atom stereocenters. The van der Waals surface area contributed by atoms with Crippen LogP contribution in [0.2, 0.25) is 0 Å². The van der Waals surface area contributed by atoms with Crippen LogP contribution < -0.4 is 0 Å². The average Bonchev–Trinajstić information content (AvgIpc) is 3.24. The Morgan fingerprint density at radius 1 is 1.14 bits per heavy atom. The minimum atomic E-state index is 0.450. The van der Waals surface area contributed by atoms with Gasteiger partial charge in [-0.05, 0) is 45.6 Å². The first-order valence-electron chi connectivity index (χ1n) is 10.1. The largest absolute Gasteiger partial charge is 0.361 e. The van der Waals surface area contributed by atoms with Gasteiger partial charge < -0.3 is 4.52 Å². The minimum absolute atomic E-state index is 0.450. The molecule has 1 fully saturated rings. The number of aromatic nitrogens is 4.